The van der Waals surface area contributed by atoms with E-state index in [2.05, 4.69) is 10.6 Å². The Labute approximate surface area is 153 Å². The van der Waals surface area contributed by atoms with Gasteiger partial charge >= 0.3 is 0 Å². The largest absolute Gasteiger partial charge is 0.459 e. The Morgan fingerprint density at radius 3 is 2.62 bits per heavy atom. The van der Waals surface area contributed by atoms with Gasteiger partial charge in [0.15, 0.2) is 5.76 Å². The van der Waals surface area contributed by atoms with Crippen LogP contribution >= 0.6 is 0 Å². The highest BCUT2D eigenvalue weighted by atomic mass is 16.3. The number of likely N-dealkylation sites (N-methyl/N-ethyl adjacent to an activating group) is 1. The molecular formula is C20H25N3O3. The van der Waals surface area contributed by atoms with Crippen molar-refractivity contribution in [1.29, 1.82) is 0 Å². The molecule has 138 valence electrons. The number of carbonyl (C=O) groups is 2. The Morgan fingerprint density at radius 1 is 1.12 bits per heavy atom. The van der Waals surface area contributed by atoms with Gasteiger partial charge in [0.1, 0.15) is 0 Å². The van der Waals surface area contributed by atoms with E-state index in [4.69, 9.17) is 4.42 Å². The fourth-order valence-electron chi connectivity index (χ4n) is 3.28. The minimum absolute atomic E-state index is 0.0851. The molecule has 0 bridgehead atoms. The van der Waals surface area contributed by atoms with E-state index >= 15 is 0 Å². The maximum Gasteiger partial charge on any atom is 0.291 e. The molecule has 6 nitrogen and oxygen atoms in total. The Balaban J connectivity index is 1.53. The van der Waals surface area contributed by atoms with Gasteiger partial charge in [-0.1, -0.05) is 25.3 Å². The lowest BCUT2D eigenvalue weighted by Crippen LogP contribution is -2.41. The summed E-state index contributed by atoms with van der Waals surface area (Å²) in [5.41, 5.74) is 1.43. The van der Waals surface area contributed by atoms with Gasteiger partial charge in [0, 0.05) is 24.5 Å². The number of rotatable bonds is 6. The molecular weight excluding hydrogens is 330 g/mol. The van der Waals surface area contributed by atoms with Crippen LogP contribution in [0.25, 0.3) is 0 Å². The molecule has 2 aromatic rings. The summed E-state index contributed by atoms with van der Waals surface area (Å²) in [6, 6.07) is 10.9. The van der Waals surface area contributed by atoms with Crippen molar-refractivity contribution in [2.24, 2.45) is 0 Å². The molecule has 0 spiro atoms. The van der Waals surface area contributed by atoms with E-state index in [-0.39, 0.29) is 24.1 Å². The monoisotopic (exact) mass is 355 g/mol. The van der Waals surface area contributed by atoms with E-state index in [9.17, 15) is 9.59 Å². The average molecular weight is 355 g/mol. The number of benzene rings is 1. The highest BCUT2D eigenvalue weighted by Gasteiger charge is 2.21. The first kappa shape index (κ1) is 18.0. The second kappa shape index (κ2) is 8.56. The van der Waals surface area contributed by atoms with Crippen molar-refractivity contribution in [3.63, 3.8) is 0 Å². The van der Waals surface area contributed by atoms with Crippen molar-refractivity contribution in [2.75, 3.05) is 24.2 Å². The minimum atomic E-state index is -0.305. The molecule has 1 aliphatic rings. The third-order valence-corrected chi connectivity index (χ3v) is 4.82. The van der Waals surface area contributed by atoms with Crippen LogP contribution in [0.15, 0.2) is 47.1 Å². The lowest BCUT2D eigenvalue weighted by molar-refractivity contribution is -0.130. The highest BCUT2D eigenvalue weighted by molar-refractivity contribution is 6.02. The fourth-order valence-corrected chi connectivity index (χ4v) is 3.28. The molecule has 1 saturated carbocycles. The van der Waals surface area contributed by atoms with Crippen LogP contribution in [0.1, 0.15) is 42.7 Å². The summed E-state index contributed by atoms with van der Waals surface area (Å²) in [5.74, 6) is 0.0369. The van der Waals surface area contributed by atoms with Gasteiger partial charge in [-0.3, -0.25) is 9.59 Å². The van der Waals surface area contributed by atoms with Crippen LogP contribution in [0.2, 0.25) is 0 Å². The van der Waals surface area contributed by atoms with Crippen LogP contribution in [0, 0.1) is 0 Å². The van der Waals surface area contributed by atoms with E-state index in [0.29, 0.717) is 11.7 Å². The molecule has 0 unspecified atom stereocenters. The molecule has 6 heteroatoms. The molecule has 1 heterocycles. The molecule has 26 heavy (non-hydrogen) atoms. The first-order valence-corrected chi connectivity index (χ1v) is 9.08. The molecule has 2 N–H and O–H groups in total. The van der Waals surface area contributed by atoms with Gasteiger partial charge in [-0.2, -0.15) is 0 Å². The third-order valence-electron chi connectivity index (χ3n) is 4.82. The van der Waals surface area contributed by atoms with Crippen molar-refractivity contribution >= 4 is 23.2 Å². The number of hydrogen-bond acceptors (Lipinski definition) is 4. The maximum atomic E-state index is 12.4. The maximum absolute atomic E-state index is 12.4. The lowest BCUT2D eigenvalue weighted by Gasteiger charge is -2.31. The number of hydrogen-bond donors (Lipinski definition) is 2. The normalized spacial score (nSPS) is 14.7. The van der Waals surface area contributed by atoms with E-state index in [1.165, 1.54) is 25.5 Å². The Kier molecular flexibility index (Phi) is 5.94. The summed E-state index contributed by atoms with van der Waals surface area (Å²) >= 11 is 0. The van der Waals surface area contributed by atoms with Crippen LogP contribution in [0.4, 0.5) is 11.4 Å². The summed E-state index contributed by atoms with van der Waals surface area (Å²) < 4.78 is 5.08. The molecule has 1 aromatic heterocycles. The van der Waals surface area contributed by atoms with Gasteiger partial charge in [0.05, 0.1) is 12.8 Å². The van der Waals surface area contributed by atoms with Crippen LogP contribution in [0.3, 0.4) is 0 Å². The first-order valence-electron chi connectivity index (χ1n) is 9.08. The van der Waals surface area contributed by atoms with Crippen molar-refractivity contribution < 1.29 is 14.0 Å². The van der Waals surface area contributed by atoms with Gasteiger partial charge in [-0.15, -0.1) is 0 Å². The van der Waals surface area contributed by atoms with Gasteiger partial charge in [-0.25, -0.2) is 0 Å². The highest BCUT2D eigenvalue weighted by Crippen LogP contribution is 2.22. The molecule has 0 atom stereocenters. The predicted octanol–water partition coefficient (Wildman–Crippen LogP) is 3.73. The number of anilines is 2. The van der Waals surface area contributed by atoms with Crippen molar-refractivity contribution in [3.05, 3.63) is 48.4 Å². The van der Waals surface area contributed by atoms with E-state index in [0.717, 1.165) is 18.5 Å². The number of nitrogens with zero attached hydrogens (tertiary/aromatic N) is 1. The number of furan rings is 1. The van der Waals surface area contributed by atoms with Crippen LogP contribution in [0.5, 0.6) is 0 Å². The summed E-state index contributed by atoms with van der Waals surface area (Å²) in [6.45, 7) is 0.239. The van der Waals surface area contributed by atoms with Gasteiger partial charge in [0.25, 0.3) is 5.91 Å². The van der Waals surface area contributed by atoms with Gasteiger partial charge in [-0.05, 0) is 43.2 Å². The van der Waals surface area contributed by atoms with Gasteiger partial charge < -0.3 is 20.0 Å². The molecule has 1 fully saturated rings. The number of amides is 2. The molecule has 2 amide bonds. The molecule has 0 radical (unpaired) electrons. The van der Waals surface area contributed by atoms with Crippen molar-refractivity contribution in [2.45, 2.75) is 38.1 Å². The van der Waals surface area contributed by atoms with E-state index < -0.39 is 0 Å². The molecule has 1 aliphatic carbocycles. The lowest BCUT2D eigenvalue weighted by atomic mass is 9.94. The van der Waals surface area contributed by atoms with Crippen LogP contribution in [-0.2, 0) is 4.79 Å². The number of carbonyl (C=O) groups excluding carboxylic acids is 2. The first-order chi connectivity index (χ1) is 12.6. The Morgan fingerprint density at radius 2 is 1.88 bits per heavy atom. The van der Waals surface area contributed by atoms with Crippen molar-refractivity contribution in [1.82, 2.24) is 4.90 Å². The summed E-state index contributed by atoms with van der Waals surface area (Å²) in [4.78, 5) is 26.3. The third kappa shape index (κ3) is 4.65. The zero-order chi connectivity index (χ0) is 18.4. The second-order valence-electron chi connectivity index (χ2n) is 6.66. The summed E-state index contributed by atoms with van der Waals surface area (Å²) in [6.07, 6.45) is 7.32. The van der Waals surface area contributed by atoms with Crippen LogP contribution < -0.4 is 10.6 Å². The van der Waals surface area contributed by atoms with Crippen molar-refractivity contribution in [3.8, 4) is 0 Å². The topological polar surface area (TPSA) is 74.6 Å². The van der Waals surface area contributed by atoms with Crippen LogP contribution in [-0.4, -0.2) is 36.3 Å². The standard InChI is InChI=1S/C20H25N3O3/c1-23(17-9-3-2-4-10-17)19(24)14-21-15-7-5-8-16(13-15)22-20(25)18-11-6-12-26-18/h5-8,11-13,17,21H,2-4,9-10,14H2,1H3,(H,22,25). The Hall–Kier alpha value is -2.76. The smallest absolute Gasteiger partial charge is 0.291 e. The average Bonchev–Trinajstić information content (AvgIpc) is 3.21. The van der Waals surface area contributed by atoms with E-state index in [1.54, 1.807) is 24.3 Å². The Bertz CT molecular complexity index is 737. The number of nitrogens with one attached hydrogen (secondary N) is 2. The molecule has 0 saturated heterocycles. The second-order valence-corrected chi connectivity index (χ2v) is 6.66. The van der Waals surface area contributed by atoms with E-state index in [1.807, 2.05) is 24.1 Å². The molecule has 0 aliphatic heterocycles. The fraction of sp³-hybridized carbons (Fsp3) is 0.400. The predicted molar refractivity (Wildman–Crippen MR) is 101 cm³/mol. The van der Waals surface area contributed by atoms with Gasteiger partial charge in [0.2, 0.25) is 5.91 Å². The molecule has 1 aromatic carbocycles. The molecule has 3 rings (SSSR count). The zero-order valence-electron chi connectivity index (χ0n) is 15.0. The summed E-state index contributed by atoms with van der Waals surface area (Å²) in [5, 5.41) is 5.93. The zero-order valence-corrected chi connectivity index (χ0v) is 15.0. The summed E-state index contributed by atoms with van der Waals surface area (Å²) in [7, 11) is 1.89. The SMILES string of the molecule is CN(C(=O)CNc1cccc(NC(=O)c2ccco2)c1)C1CCCCC1. The quantitative estimate of drug-likeness (QED) is 0.828. The minimum Gasteiger partial charge on any atom is -0.459 e.